The fraction of sp³-hybridized carbons (Fsp3) is 0.588. The number of ether oxygens (including phenoxy) is 1. The van der Waals surface area contributed by atoms with E-state index >= 15 is 0 Å². The lowest BCUT2D eigenvalue weighted by Gasteiger charge is -2.26. The first-order valence-electron chi connectivity index (χ1n) is 7.85. The first kappa shape index (κ1) is 16.0. The maximum Gasteiger partial charge on any atom is 0.248 e. The first-order valence-corrected chi connectivity index (χ1v) is 7.85. The molecule has 1 aliphatic heterocycles. The average molecular weight is 290 g/mol. The molecule has 0 radical (unpaired) electrons. The lowest BCUT2D eigenvalue weighted by molar-refractivity contribution is -0.139. The van der Waals surface area contributed by atoms with Crippen LogP contribution in [0.4, 0.5) is 0 Å². The average Bonchev–Trinajstić information content (AvgIpc) is 2.53. The van der Waals surface area contributed by atoms with Crippen LogP contribution >= 0.6 is 0 Å². The smallest absolute Gasteiger partial charge is 0.248 e. The molecular weight excluding hydrogens is 264 g/mol. The van der Waals surface area contributed by atoms with Crippen LogP contribution in [0.2, 0.25) is 0 Å². The number of nitrogens with zero attached hydrogens (tertiary/aromatic N) is 1. The largest absolute Gasteiger partial charge is 0.367 e. The summed E-state index contributed by atoms with van der Waals surface area (Å²) in [4.78, 5) is 14.2. The Morgan fingerprint density at radius 3 is 2.90 bits per heavy atom. The minimum absolute atomic E-state index is 0.0753. The van der Waals surface area contributed by atoms with Crippen LogP contribution in [0.3, 0.4) is 0 Å². The van der Waals surface area contributed by atoms with E-state index in [0.717, 1.165) is 25.9 Å². The van der Waals surface area contributed by atoms with Crippen molar-refractivity contribution in [3.8, 4) is 0 Å². The molecule has 0 aromatic heterocycles. The van der Waals surface area contributed by atoms with E-state index in [4.69, 9.17) is 4.74 Å². The molecule has 1 N–H and O–H groups in total. The Morgan fingerprint density at radius 2 is 2.24 bits per heavy atom. The number of carbonyl (C=O) groups is 1. The second kappa shape index (κ2) is 8.15. The molecule has 0 aliphatic carbocycles. The highest BCUT2D eigenvalue weighted by Gasteiger charge is 2.18. The van der Waals surface area contributed by atoms with Gasteiger partial charge in [0, 0.05) is 19.6 Å². The minimum Gasteiger partial charge on any atom is -0.367 e. The normalized spacial score (nSPS) is 18.5. The Bertz CT molecular complexity index is 456. The topological polar surface area (TPSA) is 41.6 Å². The highest BCUT2D eigenvalue weighted by Crippen LogP contribution is 2.11. The van der Waals surface area contributed by atoms with Gasteiger partial charge in [0.05, 0.1) is 6.10 Å². The van der Waals surface area contributed by atoms with E-state index in [1.807, 2.05) is 24.0 Å². The Balaban J connectivity index is 1.85. The third-order valence-corrected chi connectivity index (χ3v) is 4.05. The van der Waals surface area contributed by atoms with Gasteiger partial charge in [0.2, 0.25) is 5.91 Å². The van der Waals surface area contributed by atoms with Gasteiger partial charge in [-0.05, 0) is 44.4 Å². The van der Waals surface area contributed by atoms with Crippen molar-refractivity contribution in [2.24, 2.45) is 0 Å². The molecule has 2 rings (SSSR count). The number of benzene rings is 1. The molecule has 4 heteroatoms. The van der Waals surface area contributed by atoms with Gasteiger partial charge >= 0.3 is 0 Å². The Kier molecular flexibility index (Phi) is 6.21. The lowest BCUT2D eigenvalue weighted by Crippen LogP contribution is -2.39. The molecule has 1 aromatic carbocycles. The minimum atomic E-state index is 0.0753. The van der Waals surface area contributed by atoms with Crippen LogP contribution in [0, 0.1) is 6.92 Å². The number of rotatable bonds is 6. The van der Waals surface area contributed by atoms with Gasteiger partial charge in [0.1, 0.15) is 6.61 Å². The predicted molar refractivity (Wildman–Crippen MR) is 84.1 cm³/mol. The number of carbonyl (C=O) groups excluding carboxylic acids is 1. The van der Waals surface area contributed by atoms with Crippen LogP contribution in [0.1, 0.15) is 30.9 Å². The summed E-state index contributed by atoms with van der Waals surface area (Å²) < 4.78 is 5.74. The van der Waals surface area contributed by atoms with Gasteiger partial charge in [-0.15, -0.1) is 0 Å². The number of piperidine rings is 1. The van der Waals surface area contributed by atoms with E-state index in [9.17, 15) is 4.79 Å². The third kappa shape index (κ3) is 4.83. The second-order valence-corrected chi connectivity index (χ2v) is 5.61. The van der Waals surface area contributed by atoms with Crippen LogP contribution in [-0.2, 0) is 16.1 Å². The predicted octanol–water partition coefficient (Wildman–Crippen LogP) is 2.11. The van der Waals surface area contributed by atoms with Gasteiger partial charge in [-0.2, -0.15) is 0 Å². The van der Waals surface area contributed by atoms with E-state index < -0.39 is 0 Å². The summed E-state index contributed by atoms with van der Waals surface area (Å²) in [6.45, 7) is 7.56. The van der Waals surface area contributed by atoms with Crippen LogP contribution in [-0.4, -0.2) is 43.2 Å². The number of aryl methyl sites for hydroxylation is 1. The molecule has 0 bridgehead atoms. The molecule has 0 spiro atoms. The molecule has 1 heterocycles. The van der Waals surface area contributed by atoms with Crippen molar-refractivity contribution >= 4 is 5.91 Å². The second-order valence-electron chi connectivity index (χ2n) is 5.61. The van der Waals surface area contributed by atoms with Crippen LogP contribution in [0.15, 0.2) is 24.3 Å². The standard InChI is InChI=1S/C17H26N2O2/c1-3-19(12-15-8-5-4-7-14(15)2)17(20)13-21-16-9-6-10-18-11-16/h4-5,7-8,16,18H,3,6,9-13H2,1-2H3. The quantitative estimate of drug-likeness (QED) is 0.872. The molecule has 1 atom stereocenters. The van der Waals surface area contributed by atoms with Gasteiger partial charge in [-0.1, -0.05) is 24.3 Å². The molecule has 1 amide bonds. The van der Waals surface area contributed by atoms with Crippen molar-refractivity contribution in [3.63, 3.8) is 0 Å². The molecular formula is C17H26N2O2. The molecule has 1 aliphatic rings. The van der Waals surface area contributed by atoms with Crippen molar-refractivity contribution in [2.75, 3.05) is 26.2 Å². The molecule has 4 nitrogen and oxygen atoms in total. The summed E-state index contributed by atoms with van der Waals surface area (Å²) in [5, 5.41) is 3.30. The fourth-order valence-electron chi connectivity index (χ4n) is 2.61. The SMILES string of the molecule is CCN(Cc1ccccc1C)C(=O)COC1CCCNC1. The molecule has 21 heavy (non-hydrogen) atoms. The van der Waals surface area contributed by atoms with Gasteiger partial charge < -0.3 is 15.0 Å². The Hall–Kier alpha value is -1.39. The Morgan fingerprint density at radius 1 is 1.43 bits per heavy atom. The monoisotopic (exact) mass is 290 g/mol. The molecule has 1 unspecified atom stereocenters. The van der Waals surface area contributed by atoms with Crippen molar-refractivity contribution in [1.29, 1.82) is 0 Å². The summed E-state index contributed by atoms with van der Waals surface area (Å²) in [5.41, 5.74) is 2.42. The number of hydrogen-bond acceptors (Lipinski definition) is 3. The van der Waals surface area contributed by atoms with Gasteiger partial charge in [0.15, 0.2) is 0 Å². The Labute approximate surface area is 127 Å². The van der Waals surface area contributed by atoms with Crippen molar-refractivity contribution in [2.45, 2.75) is 39.3 Å². The lowest BCUT2D eigenvalue weighted by atomic mass is 10.1. The van der Waals surface area contributed by atoms with Crippen molar-refractivity contribution in [3.05, 3.63) is 35.4 Å². The highest BCUT2D eigenvalue weighted by atomic mass is 16.5. The van der Waals surface area contributed by atoms with Gasteiger partial charge in [-0.3, -0.25) is 4.79 Å². The van der Waals surface area contributed by atoms with Gasteiger partial charge in [-0.25, -0.2) is 0 Å². The van der Waals surface area contributed by atoms with E-state index in [2.05, 4.69) is 24.4 Å². The van der Waals surface area contributed by atoms with E-state index in [-0.39, 0.29) is 18.6 Å². The first-order chi connectivity index (χ1) is 10.2. The third-order valence-electron chi connectivity index (χ3n) is 4.05. The molecule has 116 valence electrons. The van der Waals surface area contributed by atoms with E-state index in [1.54, 1.807) is 0 Å². The zero-order chi connectivity index (χ0) is 15.1. The maximum atomic E-state index is 12.3. The maximum absolute atomic E-state index is 12.3. The summed E-state index contributed by atoms with van der Waals surface area (Å²) in [5.74, 6) is 0.0753. The molecule has 1 saturated heterocycles. The zero-order valence-corrected chi connectivity index (χ0v) is 13.1. The number of nitrogens with one attached hydrogen (secondary N) is 1. The van der Waals surface area contributed by atoms with Crippen LogP contribution in [0.25, 0.3) is 0 Å². The van der Waals surface area contributed by atoms with Crippen molar-refractivity contribution < 1.29 is 9.53 Å². The zero-order valence-electron chi connectivity index (χ0n) is 13.1. The molecule has 1 fully saturated rings. The van der Waals surface area contributed by atoms with Crippen LogP contribution in [0.5, 0.6) is 0 Å². The summed E-state index contributed by atoms with van der Waals surface area (Å²) in [6, 6.07) is 8.20. The summed E-state index contributed by atoms with van der Waals surface area (Å²) in [6.07, 6.45) is 2.35. The molecule has 1 aromatic rings. The number of hydrogen-bond donors (Lipinski definition) is 1. The number of amides is 1. The van der Waals surface area contributed by atoms with Crippen LogP contribution < -0.4 is 5.32 Å². The van der Waals surface area contributed by atoms with Gasteiger partial charge in [0.25, 0.3) is 0 Å². The highest BCUT2D eigenvalue weighted by molar-refractivity contribution is 5.77. The van der Waals surface area contributed by atoms with E-state index in [0.29, 0.717) is 13.1 Å². The van der Waals surface area contributed by atoms with E-state index in [1.165, 1.54) is 11.1 Å². The fourth-order valence-corrected chi connectivity index (χ4v) is 2.61. The molecule has 0 saturated carbocycles. The number of likely N-dealkylation sites (N-methyl/N-ethyl adjacent to an activating group) is 1. The van der Waals surface area contributed by atoms with Crippen molar-refractivity contribution in [1.82, 2.24) is 10.2 Å². The summed E-state index contributed by atoms with van der Waals surface area (Å²) in [7, 11) is 0. The summed E-state index contributed by atoms with van der Waals surface area (Å²) >= 11 is 0.